The fraction of sp³-hybridized carbons (Fsp3) is 0.261. The lowest BCUT2D eigenvalue weighted by Gasteiger charge is -2.31. The highest BCUT2D eigenvalue weighted by atomic mass is 16.5. The first kappa shape index (κ1) is 22.0. The molecular weight excluding hydrogens is 400 g/mol. The number of methoxy groups -OCH3 is 2. The first-order valence-electron chi connectivity index (χ1n) is 9.73. The Morgan fingerprint density at radius 3 is 2.35 bits per heavy atom. The van der Waals surface area contributed by atoms with Gasteiger partial charge < -0.3 is 24.0 Å². The van der Waals surface area contributed by atoms with Crippen molar-refractivity contribution in [2.75, 3.05) is 43.9 Å². The molecule has 8 heteroatoms. The highest BCUT2D eigenvalue weighted by Gasteiger charge is 2.32. The average Bonchev–Trinajstić information content (AvgIpc) is 2.83. The molecule has 0 spiro atoms. The van der Waals surface area contributed by atoms with Gasteiger partial charge in [0, 0.05) is 23.5 Å². The normalized spacial score (nSPS) is 13.6. The molecule has 1 amide bonds. The largest absolute Gasteiger partial charge is 0.466 e. The Bertz CT molecular complexity index is 1000. The molecule has 31 heavy (non-hydrogen) atoms. The standard InChI is InChI=1S/C23H24N2O6/c1-4-24(17-10-6-5-7-11-17)21(26)16-9-8-12-18(13-16)25-15-31-14-19(22(27)29-2)20(25)23(28)30-3/h5-13H,4,14-15H2,1-3H3. The monoisotopic (exact) mass is 424 g/mol. The Balaban J connectivity index is 2.00. The molecule has 8 nitrogen and oxygen atoms in total. The van der Waals surface area contributed by atoms with Crippen molar-refractivity contribution in [2.24, 2.45) is 0 Å². The summed E-state index contributed by atoms with van der Waals surface area (Å²) in [5.74, 6) is -1.57. The number of hydrogen-bond acceptors (Lipinski definition) is 7. The number of nitrogens with zero attached hydrogens (tertiary/aromatic N) is 2. The maximum atomic E-state index is 13.2. The molecule has 1 aliphatic rings. The van der Waals surface area contributed by atoms with E-state index in [4.69, 9.17) is 14.2 Å². The third kappa shape index (κ3) is 4.59. The molecule has 1 aliphatic heterocycles. The number of carbonyl (C=O) groups excluding carboxylic acids is 3. The third-order valence-corrected chi connectivity index (χ3v) is 4.87. The van der Waals surface area contributed by atoms with E-state index in [1.165, 1.54) is 19.1 Å². The van der Waals surface area contributed by atoms with Gasteiger partial charge in [0.05, 0.1) is 26.4 Å². The molecule has 0 N–H and O–H groups in total. The number of rotatable bonds is 6. The summed E-state index contributed by atoms with van der Waals surface area (Å²) in [7, 11) is 2.46. The number of para-hydroxylation sites is 1. The van der Waals surface area contributed by atoms with Gasteiger partial charge in [-0.25, -0.2) is 9.59 Å². The molecule has 0 bridgehead atoms. The van der Waals surface area contributed by atoms with E-state index in [-0.39, 0.29) is 30.5 Å². The minimum atomic E-state index is -0.695. The van der Waals surface area contributed by atoms with Crippen LogP contribution < -0.4 is 9.80 Å². The molecule has 162 valence electrons. The van der Waals surface area contributed by atoms with Crippen molar-refractivity contribution in [2.45, 2.75) is 6.92 Å². The van der Waals surface area contributed by atoms with Crippen LogP contribution in [0, 0.1) is 0 Å². The molecule has 1 heterocycles. The van der Waals surface area contributed by atoms with E-state index in [0.717, 1.165) is 5.69 Å². The molecule has 0 saturated carbocycles. The molecule has 0 fully saturated rings. The van der Waals surface area contributed by atoms with Gasteiger partial charge in [-0.1, -0.05) is 24.3 Å². The third-order valence-electron chi connectivity index (χ3n) is 4.87. The minimum Gasteiger partial charge on any atom is -0.466 e. The lowest BCUT2D eigenvalue weighted by Crippen LogP contribution is -2.39. The molecule has 0 atom stereocenters. The molecule has 0 aliphatic carbocycles. The zero-order chi connectivity index (χ0) is 22.4. The fourth-order valence-corrected chi connectivity index (χ4v) is 3.36. The molecule has 2 aromatic rings. The molecule has 0 saturated heterocycles. The van der Waals surface area contributed by atoms with Gasteiger partial charge in [0.1, 0.15) is 12.4 Å². The molecular formula is C23H24N2O6. The maximum Gasteiger partial charge on any atom is 0.355 e. The smallest absolute Gasteiger partial charge is 0.355 e. The molecule has 0 radical (unpaired) electrons. The second-order valence-electron chi connectivity index (χ2n) is 6.65. The lowest BCUT2D eigenvalue weighted by atomic mass is 10.1. The van der Waals surface area contributed by atoms with E-state index in [0.29, 0.717) is 17.8 Å². The van der Waals surface area contributed by atoms with E-state index in [2.05, 4.69) is 0 Å². The van der Waals surface area contributed by atoms with Crippen LogP contribution in [0.2, 0.25) is 0 Å². The van der Waals surface area contributed by atoms with Crippen LogP contribution in [0.4, 0.5) is 11.4 Å². The van der Waals surface area contributed by atoms with Crippen molar-refractivity contribution in [1.29, 1.82) is 0 Å². The van der Waals surface area contributed by atoms with Crippen molar-refractivity contribution in [1.82, 2.24) is 0 Å². The van der Waals surface area contributed by atoms with Gasteiger partial charge >= 0.3 is 11.9 Å². The molecule has 0 unspecified atom stereocenters. The summed E-state index contributed by atoms with van der Waals surface area (Å²) < 4.78 is 15.2. The lowest BCUT2D eigenvalue weighted by molar-refractivity contribution is -0.140. The Kier molecular flexibility index (Phi) is 7.04. The van der Waals surface area contributed by atoms with Crippen LogP contribution in [0.25, 0.3) is 0 Å². The van der Waals surface area contributed by atoms with Crippen LogP contribution in [0.15, 0.2) is 65.9 Å². The van der Waals surface area contributed by atoms with Gasteiger partial charge in [-0.3, -0.25) is 4.79 Å². The summed E-state index contributed by atoms with van der Waals surface area (Å²) in [6.45, 7) is 2.32. The summed E-state index contributed by atoms with van der Waals surface area (Å²) in [4.78, 5) is 41.0. The van der Waals surface area contributed by atoms with Gasteiger partial charge in [-0.05, 0) is 37.3 Å². The second-order valence-corrected chi connectivity index (χ2v) is 6.65. The van der Waals surface area contributed by atoms with Crippen molar-refractivity contribution in [3.63, 3.8) is 0 Å². The quantitative estimate of drug-likeness (QED) is 0.659. The number of hydrogen-bond donors (Lipinski definition) is 0. The van der Waals surface area contributed by atoms with Gasteiger partial charge in [0.25, 0.3) is 5.91 Å². The highest BCUT2D eigenvalue weighted by molar-refractivity contribution is 6.07. The fourth-order valence-electron chi connectivity index (χ4n) is 3.36. The number of carbonyl (C=O) groups is 3. The summed E-state index contributed by atoms with van der Waals surface area (Å²) >= 11 is 0. The predicted molar refractivity (Wildman–Crippen MR) is 115 cm³/mol. The van der Waals surface area contributed by atoms with Crippen molar-refractivity contribution in [3.05, 3.63) is 71.4 Å². The van der Waals surface area contributed by atoms with Crippen LogP contribution in [-0.4, -0.2) is 51.9 Å². The van der Waals surface area contributed by atoms with Crippen LogP contribution in [0.5, 0.6) is 0 Å². The Labute approximate surface area is 180 Å². The first-order chi connectivity index (χ1) is 15.0. The number of ether oxygens (including phenoxy) is 3. The molecule has 3 rings (SSSR count). The maximum absolute atomic E-state index is 13.2. The predicted octanol–water partition coefficient (Wildman–Crippen LogP) is 2.75. The Morgan fingerprint density at radius 2 is 1.71 bits per heavy atom. The number of benzene rings is 2. The zero-order valence-electron chi connectivity index (χ0n) is 17.7. The summed E-state index contributed by atoms with van der Waals surface area (Å²) in [5, 5.41) is 0. The van der Waals surface area contributed by atoms with Gasteiger partial charge in [-0.15, -0.1) is 0 Å². The van der Waals surface area contributed by atoms with Crippen molar-refractivity contribution < 1.29 is 28.6 Å². The highest BCUT2D eigenvalue weighted by Crippen LogP contribution is 2.28. The number of esters is 2. The van der Waals surface area contributed by atoms with E-state index in [1.807, 2.05) is 37.3 Å². The van der Waals surface area contributed by atoms with E-state index in [9.17, 15) is 14.4 Å². The van der Waals surface area contributed by atoms with E-state index in [1.54, 1.807) is 29.2 Å². The SMILES string of the molecule is CCN(C(=O)c1cccc(N2COCC(C(=O)OC)=C2C(=O)OC)c1)c1ccccc1. The van der Waals surface area contributed by atoms with Gasteiger partial charge in [0.15, 0.2) is 0 Å². The van der Waals surface area contributed by atoms with Crippen LogP contribution in [-0.2, 0) is 23.8 Å². The zero-order valence-corrected chi connectivity index (χ0v) is 17.7. The number of anilines is 2. The van der Waals surface area contributed by atoms with Crippen LogP contribution in [0.1, 0.15) is 17.3 Å². The van der Waals surface area contributed by atoms with E-state index < -0.39 is 11.9 Å². The van der Waals surface area contributed by atoms with Crippen LogP contribution in [0.3, 0.4) is 0 Å². The Morgan fingerprint density at radius 1 is 1.00 bits per heavy atom. The van der Waals surface area contributed by atoms with Gasteiger partial charge in [0.2, 0.25) is 0 Å². The number of amides is 1. The summed E-state index contributed by atoms with van der Waals surface area (Å²) in [6, 6.07) is 16.1. The van der Waals surface area contributed by atoms with Crippen LogP contribution >= 0.6 is 0 Å². The van der Waals surface area contributed by atoms with E-state index >= 15 is 0 Å². The minimum absolute atomic E-state index is 0.0126. The van der Waals surface area contributed by atoms with Crippen molar-refractivity contribution in [3.8, 4) is 0 Å². The average molecular weight is 424 g/mol. The topological polar surface area (TPSA) is 85.4 Å². The summed E-state index contributed by atoms with van der Waals surface area (Å²) in [6.07, 6.45) is 0. The van der Waals surface area contributed by atoms with Crippen molar-refractivity contribution >= 4 is 29.2 Å². The first-order valence-corrected chi connectivity index (χ1v) is 9.73. The second kappa shape index (κ2) is 9.90. The summed E-state index contributed by atoms with van der Waals surface area (Å²) in [5.41, 5.74) is 1.80. The molecule has 2 aromatic carbocycles. The Hall–Kier alpha value is -3.65. The molecule has 0 aromatic heterocycles. The van der Waals surface area contributed by atoms with Gasteiger partial charge in [-0.2, -0.15) is 0 Å².